The highest BCUT2D eigenvalue weighted by Gasteiger charge is 2.21. The Bertz CT molecular complexity index is 735. The van der Waals surface area contributed by atoms with E-state index in [0.717, 1.165) is 16.3 Å². The van der Waals surface area contributed by atoms with Crippen molar-refractivity contribution in [1.29, 1.82) is 0 Å². The van der Waals surface area contributed by atoms with E-state index >= 15 is 0 Å². The fraction of sp³-hybridized carbons (Fsp3) is 0.143. The van der Waals surface area contributed by atoms with Gasteiger partial charge in [-0.25, -0.2) is 4.98 Å². The molecule has 0 fully saturated rings. The van der Waals surface area contributed by atoms with Crippen LogP contribution < -0.4 is 4.74 Å². The monoisotopic (exact) mass is 288 g/mol. The number of hydrogen-bond donors (Lipinski definition) is 1. The lowest BCUT2D eigenvalue weighted by atomic mass is 10.1. The number of rotatable bonds is 3. The molecule has 0 spiro atoms. The Labute approximate surface area is 119 Å². The van der Waals surface area contributed by atoms with Gasteiger partial charge in [0, 0.05) is 17.6 Å². The van der Waals surface area contributed by atoms with Crippen molar-refractivity contribution < 1.29 is 14.4 Å². The maximum absolute atomic E-state index is 10.1. The van der Waals surface area contributed by atoms with Crippen LogP contribution in [0.3, 0.4) is 0 Å². The lowest BCUT2D eigenvalue weighted by molar-refractivity contribution is 0.405. The number of nitrogens with zero attached hydrogens (tertiary/aromatic N) is 2. The van der Waals surface area contributed by atoms with Crippen molar-refractivity contribution in [1.82, 2.24) is 10.1 Å². The van der Waals surface area contributed by atoms with E-state index < -0.39 is 0 Å². The van der Waals surface area contributed by atoms with Crippen LogP contribution in [-0.4, -0.2) is 22.4 Å². The number of aromatic hydroxyl groups is 1. The summed E-state index contributed by atoms with van der Waals surface area (Å²) in [4.78, 5) is 4.28. The number of aryl methyl sites for hydroxylation is 1. The molecule has 0 aliphatic carbocycles. The molecule has 20 heavy (non-hydrogen) atoms. The number of methoxy groups -OCH3 is 1. The second-order valence-corrected chi connectivity index (χ2v) is 5.09. The minimum absolute atomic E-state index is 0.0818. The van der Waals surface area contributed by atoms with E-state index in [0.29, 0.717) is 17.1 Å². The quantitative estimate of drug-likeness (QED) is 0.799. The van der Waals surface area contributed by atoms with Gasteiger partial charge in [0.2, 0.25) is 0 Å². The lowest BCUT2D eigenvalue weighted by Crippen LogP contribution is -1.85. The molecule has 2 heterocycles. The van der Waals surface area contributed by atoms with Gasteiger partial charge in [-0.2, -0.15) is 0 Å². The van der Waals surface area contributed by atoms with Crippen molar-refractivity contribution in [2.24, 2.45) is 0 Å². The third-order valence-corrected chi connectivity index (χ3v) is 3.75. The van der Waals surface area contributed by atoms with Gasteiger partial charge in [-0.1, -0.05) is 5.16 Å². The molecular weight excluding hydrogens is 276 g/mol. The SMILES string of the molecule is COc1ccc(-c2onc(C)c2-c2nccs2)c(O)c1. The van der Waals surface area contributed by atoms with E-state index in [1.807, 2.05) is 12.3 Å². The molecule has 102 valence electrons. The molecular formula is C14H12N2O3S. The first-order chi connectivity index (χ1) is 9.70. The molecule has 0 unspecified atom stereocenters. The molecule has 0 amide bonds. The third-order valence-electron chi connectivity index (χ3n) is 2.96. The zero-order chi connectivity index (χ0) is 14.1. The maximum atomic E-state index is 10.1. The van der Waals surface area contributed by atoms with Crippen LogP contribution >= 0.6 is 11.3 Å². The average Bonchev–Trinajstić information content (AvgIpc) is 3.07. The number of benzene rings is 1. The minimum atomic E-state index is 0.0818. The summed E-state index contributed by atoms with van der Waals surface area (Å²) < 4.78 is 10.5. The number of ether oxygens (including phenoxy) is 1. The predicted octanol–water partition coefficient (Wildman–Crippen LogP) is 3.49. The fourth-order valence-corrected chi connectivity index (χ4v) is 2.71. The first kappa shape index (κ1) is 12.7. The summed E-state index contributed by atoms with van der Waals surface area (Å²) in [6, 6.07) is 5.04. The molecule has 0 aliphatic heterocycles. The van der Waals surface area contributed by atoms with Gasteiger partial charge in [-0.15, -0.1) is 11.3 Å². The Morgan fingerprint density at radius 2 is 2.20 bits per heavy atom. The average molecular weight is 288 g/mol. The molecule has 0 saturated heterocycles. The Kier molecular flexibility index (Phi) is 3.15. The van der Waals surface area contributed by atoms with Gasteiger partial charge in [-0.05, 0) is 19.1 Å². The highest BCUT2D eigenvalue weighted by molar-refractivity contribution is 7.13. The summed E-state index contributed by atoms with van der Waals surface area (Å²) in [5, 5.41) is 16.8. The summed E-state index contributed by atoms with van der Waals surface area (Å²) in [5.41, 5.74) is 2.11. The van der Waals surface area contributed by atoms with Gasteiger partial charge < -0.3 is 14.4 Å². The fourth-order valence-electron chi connectivity index (χ4n) is 1.98. The molecule has 0 radical (unpaired) electrons. The zero-order valence-corrected chi connectivity index (χ0v) is 11.8. The standard InChI is InChI=1S/C14H12N2O3S/c1-8-12(14-15-5-6-20-14)13(19-16-8)10-4-3-9(18-2)7-11(10)17/h3-7,17H,1-2H3. The van der Waals surface area contributed by atoms with Crippen molar-refractivity contribution in [2.45, 2.75) is 6.92 Å². The van der Waals surface area contributed by atoms with Crippen molar-refractivity contribution >= 4 is 11.3 Å². The van der Waals surface area contributed by atoms with Crippen LogP contribution in [0.4, 0.5) is 0 Å². The van der Waals surface area contributed by atoms with Crippen molar-refractivity contribution in [2.75, 3.05) is 7.11 Å². The van der Waals surface area contributed by atoms with E-state index in [1.54, 1.807) is 31.5 Å². The number of thiazole rings is 1. The van der Waals surface area contributed by atoms with Crippen molar-refractivity contribution in [3.8, 4) is 33.4 Å². The molecule has 3 aromatic rings. The second kappa shape index (κ2) is 4.97. The number of phenolic OH excluding ortho intramolecular Hbond substituents is 1. The number of phenols is 1. The summed E-state index contributed by atoms with van der Waals surface area (Å²) >= 11 is 1.50. The number of aromatic nitrogens is 2. The summed E-state index contributed by atoms with van der Waals surface area (Å²) in [6.45, 7) is 1.85. The van der Waals surface area contributed by atoms with Gasteiger partial charge >= 0.3 is 0 Å². The van der Waals surface area contributed by atoms with Crippen molar-refractivity contribution in [3.63, 3.8) is 0 Å². The van der Waals surface area contributed by atoms with Crippen molar-refractivity contribution in [3.05, 3.63) is 35.5 Å². The Balaban J connectivity index is 2.16. The van der Waals surface area contributed by atoms with Gasteiger partial charge in [-0.3, -0.25) is 0 Å². The summed E-state index contributed by atoms with van der Waals surface area (Å²) in [5.74, 6) is 1.18. The Morgan fingerprint density at radius 1 is 1.35 bits per heavy atom. The molecule has 0 atom stereocenters. The maximum Gasteiger partial charge on any atom is 0.181 e. The van der Waals surface area contributed by atoms with Crippen LogP contribution in [0.5, 0.6) is 11.5 Å². The second-order valence-electron chi connectivity index (χ2n) is 4.19. The van der Waals surface area contributed by atoms with Gasteiger partial charge in [0.1, 0.15) is 16.5 Å². The number of hydrogen-bond acceptors (Lipinski definition) is 6. The first-order valence-electron chi connectivity index (χ1n) is 5.94. The smallest absolute Gasteiger partial charge is 0.181 e. The van der Waals surface area contributed by atoms with Crippen LogP contribution in [0.25, 0.3) is 21.9 Å². The third kappa shape index (κ3) is 2.04. The topological polar surface area (TPSA) is 68.4 Å². The largest absolute Gasteiger partial charge is 0.507 e. The predicted molar refractivity (Wildman–Crippen MR) is 76.0 cm³/mol. The minimum Gasteiger partial charge on any atom is -0.507 e. The normalized spacial score (nSPS) is 10.7. The van der Waals surface area contributed by atoms with E-state index in [1.165, 1.54) is 11.3 Å². The molecule has 0 bridgehead atoms. The molecule has 1 N–H and O–H groups in total. The van der Waals surface area contributed by atoms with Crippen LogP contribution in [0, 0.1) is 6.92 Å². The summed E-state index contributed by atoms with van der Waals surface area (Å²) in [6.07, 6.45) is 1.73. The van der Waals surface area contributed by atoms with Crippen LogP contribution in [0.15, 0.2) is 34.3 Å². The van der Waals surface area contributed by atoms with Gasteiger partial charge in [0.25, 0.3) is 0 Å². The molecule has 6 heteroatoms. The summed E-state index contributed by atoms with van der Waals surface area (Å²) in [7, 11) is 1.55. The van der Waals surface area contributed by atoms with E-state index in [4.69, 9.17) is 9.26 Å². The molecule has 0 aliphatic rings. The first-order valence-corrected chi connectivity index (χ1v) is 6.82. The van der Waals surface area contributed by atoms with Crippen LogP contribution in [0.1, 0.15) is 5.69 Å². The molecule has 0 saturated carbocycles. The highest BCUT2D eigenvalue weighted by atomic mass is 32.1. The molecule has 2 aromatic heterocycles. The van der Waals surface area contributed by atoms with E-state index in [-0.39, 0.29) is 5.75 Å². The highest BCUT2D eigenvalue weighted by Crippen LogP contribution is 2.40. The Morgan fingerprint density at radius 3 is 2.85 bits per heavy atom. The molecule has 5 nitrogen and oxygen atoms in total. The lowest BCUT2D eigenvalue weighted by Gasteiger charge is -2.05. The van der Waals surface area contributed by atoms with Gasteiger partial charge in [0.05, 0.1) is 23.9 Å². The zero-order valence-electron chi connectivity index (χ0n) is 11.0. The van der Waals surface area contributed by atoms with Crippen LogP contribution in [-0.2, 0) is 0 Å². The Hall–Kier alpha value is -2.34. The molecule has 1 aromatic carbocycles. The molecule has 3 rings (SSSR count). The van der Waals surface area contributed by atoms with E-state index in [2.05, 4.69) is 10.1 Å². The van der Waals surface area contributed by atoms with Crippen LogP contribution in [0.2, 0.25) is 0 Å². The van der Waals surface area contributed by atoms with E-state index in [9.17, 15) is 5.11 Å². The van der Waals surface area contributed by atoms with Gasteiger partial charge in [0.15, 0.2) is 5.76 Å².